The van der Waals surface area contributed by atoms with Gasteiger partial charge in [0.1, 0.15) is 0 Å². The third kappa shape index (κ3) is 1.04. The number of Topliss-reactive ketones (excluding diaryl/α,β-unsaturated/α-hetero) is 1. The fourth-order valence-corrected chi connectivity index (χ4v) is 1.94. The smallest absolute Gasteiger partial charge is 0.189 e. The van der Waals surface area contributed by atoms with E-state index < -0.39 is 0 Å². The van der Waals surface area contributed by atoms with Gasteiger partial charge in [-0.25, -0.2) is 0 Å². The van der Waals surface area contributed by atoms with Crippen LogP contribution in [-0.4, -0.2) is 5.78 Å². The van der Waals surface area contributed by atoms with Crippen LogP contribution in [0.3, 0.4) is 0 Å². The second kappa shape index (κ2) is 2.84. The molecule has 0 fully saturated rings. The normalized spacial score (nSPS) is 15.1. The predicted molar refractivity (Wildman–Crippen MR) is 53.7 cm³/mol. The molecule has 0 bridgehead atoms. The first-order valence-electron chi connectivity index (χ1n) is 4.59. The first-order valence-corrected chi connectivity index (χ1v) is 4.59. The Labute approximate surface area is 78.1 Å². The number of fused-ring (bicyclic) bond motifs is 1. The van der Waals surface area contributed by atoms with Crippen molar-refractivity contribution >= 4 is 11.4 Å². The molecule has 0 saturated heterocycles. The Hall–Kier alpha value is -1.37. The van der Waals surface area contributed by atoms with Gasteiger partial charge in [-0.05, 0) is 24.5 Å². The van der Waals surface area contributed by atoms with Gasteiger partial charge in [-0.15, -0.1) is 0 Å². The van der Waals surface area contributed by atoms with E-state index in [1.54, 1.807) is 0 Å². The molecule has 0 amide bonds. The Morgan fingerprint density at radius 1 is 1.15 bits per heavy atom. The molecule has 0 aromatic heterocycles. The summed E-state index contributed by atoms with van der Waals surface area (Å²) < 4.78 is 0. The van der Waals surface area contributed by atoms with E-state index in [0.717, 1.165) is 23.1 Å². The van der Waals surface area contributed by atoms with Crippen molar-refractivity contribution in [2.75, 3.05) is 0 Å². The molecule has 0 saturated carbocycles. The first kappa shape index (κ1) is 8.24. The number of carbonyl (C=O) groups is 1. The summed E-state index contributed by atoms with van der Waals surface area (Å²) in [4.78, 5) is 11.7. The van der Waals surface area contributed by atoms with Crippen molar-refractivity contribution in [3.63, 3.8) is 0 Å². The van der Waals surface area contributed by atoms with Gasteiger partial charge in [0.2, 0.25) is 0 Å². The monoisotopic (exact) mass is 172 g/mol. The molecule has 0 heterocycles. The molecule has 0 atom stereocenters. The average molecular weight is 172 g/mol. The molecule has 0 spiro atoms. The highest BCUT2D eigenvalue weighted by Crippen LogP contribution is 2.33. The lowest BCUT2D eigenvalue weighted by atomic mass is 10.0. The number of benzene rings is 1. The molecule has 1 aliphatic carbocycles. The van der Waals surface area contributed by atoms with Crippen LogP contribution in [0.25, 0.3) is 5.57 Å². The highest BCUT2D eigenvalue weighted by atomic mass is 16.1. The minimum atomic E-state index is 0.201. The molecule has 13 heavy (non-hydrogen) atoms. The van der Waals surface area contributed by atoms with E-state index in [1.165, 1.54) is 5.57 Å². The number of allylic oxidation sites excluding steroid dienone is 2. The lowest BCUT2D eigenvalue weighted by molar-refractivity contribution is 0.103. The minimum Gasteiger partial charge on any atom is -0.289 e. The van der Waals surface area contributed by atoms with E-state index in [0.29, 0.717) is 0 Å². The molecule has 1 aromatic carbocycles. The second-order valence-electron chi connectivity index (χ2n) is 3.33. The molecule has 2 rings (SSSR count). The van der Waals surface area contributed by atoms with Gasteiger partial charge < -0.3 is 0 Å². The van der Waals surface area contributed by atoms with E-state index >= 15 is 0 Å². The maximum absolute atomic E-state index is 11.7. The van der Waals surface area contributed by atoms with Crippen LogP contribution in [-0.2, 0) is 0 Å². The van der Waals surface area contributed by atoms with Crippen LogP contribution in [0.5, 0.6) is 0 Å². The summed E-state index contributed by atoms with van der Waals surface area (Å²) in [6.07, 6.45) is 0.939. The summed E-state index contributed by atoms with van der Waals surface area (Å²) in [7, 11) is 0. The molecule has 1 aromatic rings. The number of hydrogen-bond donors (Lipinski definition) is 0. The summed E-state index contributed by atoms with van der Waals surface area (Å²) >= 11 is 0. The predicted octanol–water partition coefficient (Wildman–Crippen LogP) is 3.07. The standard InChI is InChI=1S/C12H12O/c1-3-9-8(2)12(13)11-7-5-4-6-10(9)11/h4-7H,3H2,1-2H3. The highest BCUT2D eigenvalue weighted by Gasteiger charge is 2.24. The minimum absolute atomic E-state index is 0.201. The van der Waals surface area contributed by atoms with E-state index in [4.69, 9.17) is 0 Å². The highest BCUT2D eigenvalue weighted by molar-refractivity contribution is 6.20. The molecular formula is C12H12O. The Kier molecular flexibility index (Phi) is 1.80. The van der Waals surface area contributed by atoms with Gasteiger partial charge in [-0.1, -0.05) is 31.2 Å². The van der Waals surface area contributed by atoms with E-state index in [-0.39, 0.29) is 5.78 Å². The van der Waals surface area contributed by atoms with Gasteiger partial charge in [0, 0.05) is 11.1 Å². The van der Waals surface area contributed by atoms with Crippen LogP contribution in [0, 0.1) is 0 Å². The van der Waals surface area contributed by atoms with Crippen molar-refractivity contribution in [3.8, 4) is 0 Å². The van der Waals surface area contributed by atoms with Gasteiger partial charge in [0.25, 0.3) is 0 Å². The summed E-state index contributed by atoms with van der Waals surface area (Å²) in [6.45, 7) is 4.01. The van der Waals surface area contributed by atoms with E-state index in [1.807, 2.05) is 31.2 Å². The Morgan fingerprint density at radius 3 is 2.38 bits per heavy atom. The van der Waals surface area contributed by atoms with Gasteiger partial charge in [-0.2, -0.15) is 0 Å². The topological polar surface area (TPSA) is 17.1 Å². The van der Waals surface area contributed by atoms with Crippen molar-refractivity contribution in [1.82, 2.24) is 0 Å². The van der Waals surface area contributed by atoms with Crippen molar-refractivity contribution in [2.45, 2.75) is 20.3 Å². The van der Waals surface area contributed by atoms with Crippen molar-refractivity contribution in [2.24, 2.45) is 0 Å². The summed E-state index contributed by atoms with van der Waals surface area (Å²) in [5.41, 5.74) is 4.13. The molecule has 1 heteroatoms. The number of rotatable bonds is 1. The SMILES string of the molecule is CCC1=C(C)C(=O)c2ccccc21. The van der Waals surface area contributed by atoms with E-state index in [9.17, 15) is 4.79 Å². The van der Waals surface area contributed by atoms with Gasteiger partial charge in [-0.3, -0.25) is 4.79 Å². The maximum Gasteiger partial charge on any atom is 0.189 e. The largest absolute Gasteiger partial charge is 0.289 e. The number of ketones is 1. The van der Waals surface area contributed by atoms with Crippen LogP contribution in [0.4, 0.5) is 0 Å². The van der Waals surface area contributed by atoms with Gasteiger partial charge in [0.15, 0.2) is 5.78 Å². The van der Waals surface area contributed by atoms with Gasteiger partial charge >= 0.3 is 0 Å². The van der Waals surface area contributed by atoms with Crippen LogP contribution >= 0.6 is 0 Å². The van der Waals surface area contributed by atoms with Crippen molar-refractivity contribution in [3.05, 3.63) is 41.0 Å². The molecule has 1 aliphatic rings. The Balaban J connectivity index is 2.67. The number of carbonyl (C=O) groups excluding carboxylic acids is 1. The Bertz CT molecular complexity index is 399. The Morgan fingerprint density at radius 2 is 1.77 bits per heavy atom. The van der Waals surface area contributed by atoms with Gasteiger partial charge in [0.05, 0.1) is 0 Å². The molecule has 66 valence electrons. The molecule has 0 unspecified atom stereocenters. The lowest BCUT2D eigenvalue weighted by Crippen LogP contribution is -1.94. The number of hydrogen-bond acceptors (Lipinski definition) is 1. The zero-order valence-electron chi connectivity index (χ0n) is 7.92. The van der Waals surface area contributed by atoms with Crippen molar-refractivity contribution < 1.29 is 4.79 Å². The first-order chi connectivity index (χ1) is 6.25. The average Bonchev–Trinajstić information content (AvgIpc) is 2.41. The van der Waals surface area contributed by atoms with Crippen LogP contribution < -0.4 is 0 Å². The van der Waals surface area contributed by atoms with Crippen molar-refractivity contribution in [1.29, 1.82) is 0 Å². The van der Waals surface area contributed by atoms with Crippen LogP contribution in [0.2, 0.25) is 0 Å². The third-order valence-electron chi connectivity index (χ3n) is 2.64. The van der Waals surface area contributed by atoms with Crippen LogP contribution in [0.1, 0.15) is 36.2 Å². The summed E-state index contributed by atoms with van der Waals surface area (Å²) in [5, 5.41) is 0. The second-order valence-corrected chi connectivity index (χ2v) is 3.33. The molecule has 1 nitrogen and oxygen atoms in total. The lowest BCUT2D eigenvalue weighted by Gasteiger charge is -2.00. The molecule has 0 N–H and O–H groups in total. The van der Waals surface area contributed by atoms with Crippen LogP contribution in [0.15, 0.2) is 29.8 Å². The molecule has 0 radical (unpaired) electrons. The third-order valence-corrected chi connectivity index (χ3v) is 2.64. The zero-order valence-corrected chi connectivity index (χ0v) is 7.92. The fourth-order valence-electron chi connectivity index (χ4n) is 1.94. The maximum atomic E-state index is 11.7. The summed E-state index contributed by atoms with van der Waals surface area (Å²) in [6, 6.07) is 7.84. The molecule has 0 aliphatic heterocycles. The van der Waals surface area contributed by atoms with E-state index in [2.05, 4.69) is 6.92 Å². The fraction of sp³-hybridized carbons (Fsp3) is 0.250. The zero-order chi connectivity index (χ0) is 9.42. The molecular weight excluding hydrogens is 160 g/mol. The quantitative estimate of drug-likeness (QED) is 0.636. The summed E-state index contributed by atoms with van der Waals surface area (Å²) in [5.74, 6) is 0.201.